The number of aliphatic hydroxyl groups excluding tert-OH is 1. The topological polar surface area (TPSA) is 123 Å². The molecule has 3 amide bonds. The number of rotatable bonds is 6. The maximum Gasteiger partial charge on any atom is 0.245 e. The van der Waals surface area contributed by atoms with Gasteiger partial charge in [0.15, 0.2) is 0 Å². The van der Waals surface area contributed by atoms with Crippen molar-refractivity contribution in [2.45, 2.75) is 45.8 Å². The summed E-state index contributed by atoms with van der Waals surface area (Å²) < 4.78 is 0. The van der Waals surface area contributed by atoms with E-state index in [1.807, 2.05) is 43.9 Å². The molecule has 1 saturated heterocycles. The highest BCUT2D eigenvalue weighted by Crippen LogP contribution is 2.62. The molecule has 9 nitrogen and oxygen atoms in total. The lowest BCUT2D eigenvalue weighted by Crippen LogP contribution is -2.42. The zero-order valence-corrected chi connectivity index (χ0v) is 18.7. The molecule has 0 aromatic heterocycles. The highest BCUT2D eigenvalue weighted by molar-refractivity contribution is 6.19. The van der Waals surface area contributed by atoms with Crippen molar-refractivity contribution in [2.75, 3.05) is 25.0 Å². The molecular formula is C23H31N5O4. The summed E-state index contributed by atoms with van der Waals surface area (Å²) in [6.45, 7) is 7.10. The number of likely N-dealkylation sites (tertiary alicyclic amines) is 1. The average molecular weight is 442 g/mol. The third-order valence-corrected chi connectivity index (χ3v) is 6.60. The highest BCUT2D eigenvalue weighted by atomic mass is 16.3. The minimum absolute atomic E-state index is 0.0305. The minimum atomic E-state index is -0.737. The Hall–Kier alpha value is -2.78. The fourth-order valence-corrected chi connectivity index (χ4v) is 5.05. The Morgan fingerprint density at radius 2 is 2.09 bits per heavy atom. The van der Waals surface area contributed by atoms with Crippen LogP contribution in [-0.2, 0) is 14.4 Å². The molecule has 1 aromatic carbocycles. The number of hydrogen-bond acceptors (Lipinski definition) is 6. The second-order valence-corrected chi connectivity index (χ2v) is 9.46. The molecule has 4 atom stereocenters. The van der Waals surface area contributed by atoms with Crippen LogP contribution in [0.25, 0.3) is 0 Å². The molecule has 32 heavy (non-hydrogen) atoms. The molecule has 9 heteroatoms. The standard InChI is InChI=1S/C23H31N5O4/c1-13(2)24-21(31)18-19-22(32)27-26-20(23(18,19)3)15-8-4-5-9-16(15)25-17(30)12-28-10-6-7-14(29)11-28/h4-5,8-9,13-14,18-19,29H,6-7,10-12H2,1-3H3,(H,24,31)(H,25,30)(H,27,32)/t14?,18-,19+,23+/m0/s1. The van der Waals surface area contributed by atoms with Gasteiger partial charge in [-0.05, 0) is 39.3 Å². The van der Waals surface area contributed by atoms with Crippen LogP contribution >= 0.6 is 0 Å². The first kappa shape index (κ1) is 22.4. The van der Waals surface area contributed by atoms with Crippen molar-refractivity contribution in [2.24, 2.45) is 22.4 Å². The molecule has 1 aromatic rings. The molecule has 2 aliphatic heterocycles. The van der Waals surface area contributed by atoms with Crippen LogP contribution in [0.2, 0.25) is 0 Å². The lowest BCUT2D eigenvalue weighted by molar-refractivity contribution is -0.127. The lowest BCUT2D eigenvalue weighted by atomic mass is 9.89. The number of benzene rings is 1. The van der Waals surface area contributed by atoms with Crippen molar-refractivity contribution in [3.05, 3.63) is 29.8 Å². The van der Waals surface area contributed by atoms with Gasteiger partial charge in [0.25, 0.3) is 0 Å². The molecule has 2 fully saturated rings. The fraction of sp³-hybridized carbons (Fsp3) is 0.565. The van der Waals surface area contributed by atoms with Crippen LogP contribution < -0.4 is 16.1 Å². The van der Waals surface area contributed by atoms with E-state index in [1.54, 1.807) is 6.07 Å². The second-order valence-electron chi connectivity index (χ2n) is 9.46. The molecule has 4 N–H and O–H groups in total. The van der Waals surface area contributed by atoms with Crippen LogP contribution in [0.1, 0.15) is 39.2 Å². The van der Waals surface area contributed by atoms with Gasteiger partial charge in [-0.1, -0.05) is 25.1 Å². The van der Waals surface area contributed by atoms with E-state index in [0.29, 0.717) is 23.5 Å². The fourth-order valence-electron chi connectivity index (χ4n) is 5.05. The van der Waals surface area contributed by atoms with Gasteiger partial charge in [-0.15, -0.1) is 0 Å². The van der Waals surface area contributed by atoms with Gasteiger partial charge in [0, 0.05) is 29.3 Å². The summed E-state index contributed by atoms with van der Waals surface area (Å²) in [5, 5.41) is 20.0. The Morgan fingerprint density at radius 3 is 2.81 bits per heavy atom. The molecule has 2 heterocycles. The van der Waals surface area contributed by atoms with E-state index in [2.05, 4.69) is 21.2 Å². The predicted octanol–water partition coefficient (Wildman–Crippen LogP) is 0.693. The van der Waals surface area contributed by atoms with Crippen LogP contribution in [-0.4, -0.2) is 65.2 Å². The monoisotopic (exact) mass is 441 g/mol. The molecule has 3 aliphatic rings. The van der Waals surface area contributed by atoms with Gasteiger partial charge in [-0.3, -0.25) is 19.3 Å². The smallest absolute Gasteiger partial charge is 0.245 e. The molecule has 0 spiro atoms. The second kappa shape index (κ2) is 8.63. The van der Waals surface area contributed by atoms with Crippen LogP contribution in [0, 0.1) is 17.3 Å². The van der Waals surface area contributed by atoms with Crippen molar-refractivity contribution >= 4 is 29.1 Å². The van der Waals surface area contributed by atoms with E-state index < -0.39 is 23.4 Å². The third-order valence-electron chi connectivity index (χ3n) is 6.60. The quantitative estimate of drug-likeness (QED) is 0.517. The molecule has 172 valence electrons. The maximum atomic E-state index is 12.8. The van der Waals surface area contributed by atoms with Crippen molar-refractivity contribution in [1.82, 2.24) is 15.6 Å². The van der Waals surface area contributed by atoms with Crippen molar-refractivity contribution < 1.29 is 19.5 Å². The summed E-state index contributed by atoms with van der Waals surface area (Å²) in [4.78, 5) is 39.9. The van der Waals surface area contributed by atoms with Crippen LogP contribution in [0.5, 0.6) is 0 Å². The van der Waals surface area contributed by atoms with Crippen molar-refractivity contribution in [3.63, 3.8) is 0 Å². The summed E-state index contributed by atoms with van der Waals surface area (Å²) in [5.41, 5.74) is 3.68. The molecule has 4 rings (SSSR count). The van der Waals surface area contributed by atoms with E-state index in [4.69, 9.17) is 0 Å². The van der Waals surface area contributed by atoms with Gasteiger partial charge in [0.2, 0.25) is 17.7 Å². The van der Waals surface area contributed by atoms with E-state index in [-0.39, 0.29) is 30.3 Å². The Kier molecular flexibility index (Phi) is 6.05. The number of amides is 3. The number of aliphatic hydroxyl groups is 1. The van der Waals surface area contributed by atoms with Gasteiger partial charge in [-0.2, -0.15) is 5.10 Å². The zero-order valence-electron chi connectivity index (χ0n) is 18.7. The van der Waals surface area contributed by atoms with Crippen LogP contribution in [0.15, 0.2) is 29.4 Å². The first-order valence-corrected chi connectivity index (χ1v) is 11.2. The van der Waals surface area contributed by atoms with E-state index in [0.717, 1.165) is 19.4 Å². The number of nitrogens with zero attached hydrogens (tertiary/aromatic N) is 2. The Balaban J connectivity index is 1.55. The summed E-state index contributed by atoms with van der Waals surface area (Å²) in [6, 6.07) is 7.27. The van der Waals surface area contributed by atoms with Gasteiger partial charge in [-0.25, -0.2) is 5.43 Å². The number of anilines is 1. The van der Waals surface area contributed by atoms with Gasteiger partial charge in [0.1, 0.15) is 0 Å². The number of para-hydroxylation sites is 1. The SMILES string of the molecule is CC(C)NC(=O)[C@@H]1[C@@H]2C(=O)NN=C(c3ccccc3NC(=O)CN3CCCC(O)C3)[C@]12C. The van der Waals surface area contributed by atoms with E-state index in [9.17, 15) is 19.5 Å². The number of hydrogen-bond donors (Lipinski definition) is 4. The summed E-state index contributed by atoms with van der Waals surface area (Å²) in [6.07, 6.45) is 1.23. The van der Waals surface area contributed by atoms with E-state index in [1.165, 1.54) is 0 Å². The highest BCUT2D eigenvalue weighted by Gasteiger charge is 2.72. The molecule has 1 unspecified atom stereocenters. The Morgan fingerprint density at radius 1 is 1.34 bits per heavy atom. The molecule has 1 saturated carbocycles. The largest absolute Gasteiger partial charge is 0.392 e. The van der Waals surface area contributed by atoms with Crippen LogP contribution in [0.3, 0.4) is 0 Å². The van der Waals surface area contributed by atoms with Crippen molar-refractivity contribution in [3.8, 4) is 0 Å². The molecule has 1 aliphatic carbocycles. The Labute approximate surface area is 187 Å². The number of nitrogens with one attached hydrogen (secondary N) is 3. The number of β-amino-alcohol motifs (C(OH)–C–C–N with tert-alkyl or cyclic N) is 1. The summed E-state index contributed by atoms with van der Waals surface area (Å²) >= 11 is 0. The lowest BCUT2D eigenvalue weighted by Gasteiger charge is -2.29. The summed E-state index contributed by atoms with van der Waals surface area (Å²) in [7, 11) is 0. The summed E-state index contributed by atoms with van der Waals surface area (Å²) in [5.74, 6) is -1.61. The number of fused-ring (bicyclic) bond motifs is 1. The van der Waals surface area contributed by atoms with Gasteiger partial charge < -0.3 is 15.7 Å². The van der Waals surface area contributed by atoms with E-state index >= 15 is 0 Å². The Bertz CT molecular complexity index is 961. The number of carbonyl (C=O) groups is 3. The number of hydrazone groups is 1. The zero-order chi connectivity index (χ0) is 23.0. The molecule has 0 bridgehead atoms. The normalized spacial score (nSPS) is 29.6. The number of carbonyl (C=O) groups excluding carboxylic acids is 3. The molecule has 0 radical (unpaired) electrons. The third kappa shape index (κ3) is 4.14. The van der Waals surface area contributed by atoms with Gasteiger partial charge in [0.05, 0.1) is 30.2 Å². The maximum absolute atomic E-state index is 12.8. The van der Waals surface area contributed by atoms with Crippen molar-refractivity contribution in [1.29, 1.82) is 0 Å². The van der Waals surface area contributed by atoms with Crippen LogP contribution in [0.4, 0.5) is 5.69 Å². The number of piperidine rings is 1. The first-order chi connectivity index (χ1) is 15.2. The average Bonchev–Trinajstić information content (AvgIpc) is 3.36. The minimum Gasteiger partial charge on any atom is -0.392 e. The van der Waals surface area contributed by atoms with Gasteiger partial charge >= 0.3 is 0 Å². The molecular weight excluding hydrogens is 410 g/mol. The predicted molar refractivity (Wildman–Crippen MR) is 120 cm³/mol. The first-order valence-electron chi connectivity index (χ1n) is 11.2.